The molecule has 0 spiro atoms. The summed E-state index contributed by atoms with van der Waals surface area (Å²) in [4.78, 5) is 38.9. The summed E-state index contributed by atoms with van der Waals surface area (Å²) in [6.45, 7) is 5.27. The summed E-state index contributed by atoms with van der Waals surface area (Å²) in [5, 5.41) is 2.96. The predicted octanol–water partition coefficient (Wildman–Crippen LogP) is 3.50. The van der Waals surface area contributed by atoms with Crippen molar-refractivity contribution in [1.82, 2.24) is 4.90 Å². The van der Waals surface area contributed by atoms with Gasteiger partial charge in [0.2, 0.25) is 5.91 Å². The normalized spacial score (nSPS) is 24.8. The highest BCUT2D eigenvalue weighted by Gasteiger charge is 2.41. The fourth-order valence-corrected chi connectivity index (χ4v) is 4.33. The fraction of sp³-hybridized carbons (Fsp3) is 0.571. The average Bonchev–Trinajstić information content (AvgIpc) is 2.63. The molecule has 1 aromatic rings. The Morgan fingerprint density at radius 2 is 1.62 bits per heavy atom. The maximum atomic E-state index is 12.6. The number of benzene rings is 1. The molecule has 0 heterocycles. The van der Waals surface area contributed by atoms with Crippen molar-refractivity contribution in [1.29, 1.82) is 0 Å². The highest BCUT2D eigenvalue weighted by Crippen LogP contribution is 2.40. The van der Waals surface area contributed by atoms with Crippen LogP contribution in [0.5, 0.6) is 0 Å². The Kier molecular flexibility index (Phi) is 5.74. The van der Waals surface area contributed by atoms with Crippen LogP contribution >= 0.6 is 0 Å². The monoisotopic (exact) mass is 356 g/mol. The predicted molar refractivity (Wildman–Crippen MR) is 101 cm³/mol. The van der Waals surface area contributed by atoms with E-state index >= 15 is 0 Å². The van der Waals surface area contributed by atoms with Crippen molar-refractivity contribution in [3.05, 3.63) is 29.8 Å². The average molecular weight is 356 g/mol. The van der Waals surface area contributed by atoms with E-state index in [9.17, 15) is 14.4 Å². The second-order valence-corrected chi connectivity index (χ2v) is 7.44. The van der Waals surface area contributed by atoms with Crippen LogP contribution in [-0.4, -0.2) is 35.6 Å². The number of hydrogen-bond donors (Lipinski definition) is 1. The molecule has 1 aromatic carbocycles. The van der Waals surface area contributed by atoms with E-state index in [4.69, 9.17) is 0 Å². The number of carbonyl (C=O) groups is 3. The zero-order valence-electron chi connectivity index (χ0n) is 15.7. The summed E-state index contributed by atoms with van der Waals surface area (Å²) in [5.41, 5.74) is 1.33. The molecular weight excluding hydrogens is 328 g/mol. The first-order valence-corrected chi connectivity index (χ1v) is 9.77. The lowest BCUT2D eigenvalue weighted by atomic mass is 9.67. The smallest absolute Gasteiger partial charge is 0.253 e. The zero-order valence-corrected chi connectivity index (χ0v) is 15.7. The molecule has 2 fully saturated rings. The van der Waals surface area contributed by atoms with Gasteiger partial charge in [0.15, 0.2) is 0 Å². The van der Waals surface area contributed by atoms with Gasteiger partial charge in [0.25, 0.3) is 5.91 Å². The van der Waals surface area contributed by atoms with Gasteiger partial charge in [0.1, 0.15) is 5.78 Å². The summed E-state index contributed by atoms with van der Waals surface area (Å²) in [5.74, 6) is 0.447. The number of nitrogens with zero attached hydrogens (tertiary/aromatic N) is 1. The molecule has 1 unspecified atom stereocenters. The Balaban J connectivity index is 1.61. The molecule has 2 aliphatic carbocycles. The van der Waals surface area contributed by atoms with Crippen LogP contribution in [0.25, 0.3) is 0 Å². The Morgan fingerprint density at radius 1 is 1.04 bits per heavy atom. The number of rotatable bonds is 5. The summed E-state index contributed by atoms with van der Waals surface area (Å²) in [6, 6.07) is 7.08. The number of ketones is 1. The SMILES string of the molecule is CCN(CC)C(=O)c1ccc(NC(=O)C2C[C@H]3CCC[C@@H](C2)C3=O)cc1. The minimum absolute atomic E-state index is 0.00257. The third-order valence-corrected chi connectivity index (χ3v) is 5.87. The maximum Gasteiger partial charge on any atom is 0.253 e. The van der Waals surface area contributed by atoms with Crippen molar-refractivity contribution < 1.29 is 14.4 Å². The van der Waals surface area contributed by atoms with Gasteiger partial charge in [-0.05, 0) is 63.8 Å². The minimum atomic E-state index is -0.0833. The first-order valence-electron chi connectivity index (χ1n) is 9.77. The summed E-state index contributed by atoms with van der Waals surface area (Å²) in [7, 11) is 0. The first kappa shape index (κ1) is 18.6. The lowest BCUT2D eigenvalue weighted by Crippen LogP contribution is -2.40. The molecule has 1 N–H and O–H groups in total. The van der Waals surface area contributed by atoms with Gasteiger partial charge in [-0.15, -0.1) is 0 Å². The Hall–Kier alpha value is -2.17. The Labute approximate surface area is 155 Å². The fourth-order valence-electron chi connectivity index (χ4n) is 4.33. The molecule has 2 amide bonds. The van der Waals surface area contributed by atoms with Gasteiger partial charge in [-0.3, -0.25) is 14.4 Å². The minimum Gasteiger partial charge on any atom is -0.339 e. The molecule has 3 rings (SSSR count). The maximum absolute atomic E-state index is 12.6. The van der Waals surface area contributed by atoms with Crippen molar-refractivity contribution in [2.24, 2.45) is 17.8 Å². The number of fused-ring (bicyclic) bond motifs is 2. The largest absolute Gasteiger partial charge is 0.339 e. The lowest BCUT2D eigenvalue weighted by Gasteiger charge is -2.36. The van der Waals surface area contributed by atoms with E-state index in [2.05, 4.69) is 5.32 Å². The van der Waals surface area contributed by atoms with E-state index in [1.807, 2.05) is 13.8 Å². The number of nitrogens with one attached hydrogen (secondary N) is 1. The molecule has 26 heavy (non-hydrogen) atoms. The van der Waals surface area contributed by atoms with Crippen molar-refractivity contribution >= 4 is 23.3 Å². The lowest BCUT2D eigenvalue weighted by molar-refractivity contribution is -0.136. The third kappa shape index (κ3) is 3.81. The quantitative estimate of drug-likeness (QED) is 0.878. The number of hydrogen-bond acceptors (Lipinski definition) is 3. The van der Waals surface area contributed by atoms with Crippen molar-refractivity contribution in [2.45, 2.75) is 46.0 Å². The van der Waals surface area contributed by atoms with Crippen LogP contribution < -0.4 is 5.32 Å². The van der Waals surface area contributed by atoms with Gasteiger partial charge >= 0.3 is 0 Å². The van der Waals surface area contributed by atoms with Gasteiger partial charge < -0.3 is 10.2 Å². The first-order chi connectivity index (χ1) is 12.5. The van der Waals surface area contributed by atoms with Crippen LogP contribution in [0.4, 0.5) is 5.69 Å². The number of carbonyl (C=O) groups excluding carboxylic acids is 3. The van der Waals surface area contributed by atoms with Crippen LogP contribution in [0.3, 0.4) is 0 Å². The highest BCUT2D eigenvalue weighted by atomic mass is 16.2. The van der Waals surface area contributed by atoms with Crippen LogP contribution in [0.15, 0.2) is 24.3 Å². The topological polar surface area (TPSA) is 66.5 Å². The molecule has 140 valence electrons. The second kappa shape index (κ2) is 8.02. The number of anilines is 1. The van der Waals surface area contributed by atoms with Gasteiger partial charge in [0.05, 0.1) is 0 Å². The van der Waals surface area contributed by atoms with Crippen molar-refractivity contribution in [3.63, 3.8) is 0 Å². The molecule has 3 atom stereocenters. The summed E-state index contributed by atoms with van der Waals surface area (Å²) in [6.07, 6.45) is 4.33. The van der Waals surface area contributed by atoms with E-state index in [0.717, 1.165) is 19.3 Å². The van der Waals surface area contributed by atoms with Crippen molar-refractivity contribution in [3.8, 4) is 0 Å². The molecule has 0 radical (unpaired) electrons. The molecular formula is C21H28N2O3. The molecule has 2 bridgehead atoms. The number of Topliss-reactive ketones (excluding diaryl/α,β-unsaturated/α-hetero) is 1. The van der Waals surface area contributed by atoms with E-state index in [-0.39, 0.29) is 29.6 Å². The molecule has 0 aromatic heterocycles. The summed E-state index contributed by atoms with van der Waals surface area (Å²) >= 11 is 0. The standard InChI is InChI=1S/C21H28N2O3/c1-3-23(4-2)21(26)14-8-10-18(11-9-14)22-20(25)17-12-15-6-5-7-16(13-17)19(15)24/h8-11,15-17H,3-7,12-13H2,1-2H3,(H,22,25)/t15-,16+,17?. The Morgan fingerprint density at radius 3 is 2.15 bits per heavy atom. The van der Waals surface area contributed by atoms with E-state index in [0.29, 0.717) is 43.0 Å². The highest BCUT2D eigenvalue weighted by molar-refractivity contribution is 5.97. The van der Waals surface area contributed by atoms with Crippen LogP contribution in [0, 0.1) is 17.8 Å². The van der Waals surface area contributed by atoms with E-state index in [1.165, 1.54) is 0 Å². The van der Waals surface area contributed by atoms with Gasteiger partial charge in [-0.1, -0.05) is 6.42 Å². The molecule has 5 heteroatoms. The van der Waals surface area contributed by atoms with E-state index in [1.54, 1.807) is 29.2 Å². The van der Waals surface area contributed by atoms with Gasteiger partial charge in [-0.2, -0.15) is 0 Å². The zero-order chi connectivity index (χ0) is 18.7. The molecule has 2 aliphatic rings. The van der Waals surface area contributed by atoms with Crippen LogP contribution in [-0.2, 0) is 9.59 Å². The van der Waals surface area contributed by atoms with Gasteiger partial charge in [0, 0.05) is 42.1 Å². The van der Waals surface area contributed by atoms with Crippen LogP contribution in [0.1, 0.15) is 56.3 Å². The molecule has 0 saturated heterocycles. The van der Waals surface area contributed by atoms with E-state index < -0.39 is 0 Å². The van der Waals surface area contributed by atoms with Crippen LogP contribution in [0.2, 0.25) is 0 Å². The van der Waals surface area contributed by atoms with Crippen molar-refractivity contribution in [2.75, 3.05) is 18.4 Å². The molecule has 0 aliphatic heterocycles. The number of amides is 2. The molecule has 2 saturated carbocycles. The second-order valence-electron chi connectivity index (χ2n) is 7.44. The molecule has 5 nitrogen and oxygen atoms in total. The Bertz CT molecular complexity index is 663. The third-order valence-electron chi connectivity index (χ3n) is 5.87. The summed E-state index contributed by atoms with van der Waals surface area (Å²) < 4.78 is 0. The van der Waals surface area contributed by atoms with Gasteiger partial charge in [-0.25, -0.2) is 0 Å².